The summed E-state index contributed by atoms with van der Waals surface area (Å²) in [6.07, 6.45) is 0. The summed E-state index contributed by atoms with van der Waals surface area (Å²) in [6.45, 7) is 6.77. The fraction of sp³-hybridized carbons (Fsp3) is 0.500. The maximum Gasteiger partial charge on any atom is 0.241 e. The number of benzene rings is 1. The molecular weight excluding hydrogens is 334 g/mol. The van der Waals surface area contributed by atoms with Crippen LogP contribution in [-0.4, -0.2) is 25.5 Å². The predicted molar refractivity (Wildman–Crippen MR) is 81.5 cm³/mol. The van der Waals surface area contributed by atoms with E-state index in [9.17, 15) is 8.42 Å². The van der Waals surface area contributed by atoms with E-state index in [-0.39, 0.29) is 9.64 Å². The van der Waals surface area contributed by atoms with E-state index in [1.165, 1.54) is 0 Å². The van der Waals surface area contributed by atoms with E-state index in [0.717, 1.165) is 5.75 Å². The van der Waals surface area contributed by atoms with Crippen LogP contribution in [0.15, 0.2) is 33.6 Å². The number of rotatable bonds is 5. The van der Waals surface area contributed by atoms with Gasteiger partial charge in [-0.1, -0.05) is 32.9 Å². The van der Waals surface area contributed by atoms with E-state index < -0.39 is 10.0 Å². The van der Waals surface area contributed by atoms with Crippen LogP contribution in [0.2, 0.25) is 0 Å². The van der Waals surface area contributed by atoms with Crippen molar-refractivity contribution >= 4 is 37.7 Å². The molecule has 0 radical (unpaired) electrons. The Morgan fingerprint density at radius 1 is 1.28 bits per heavy atom. The quantitative estimate of drug-likeness (QED) is 0.828. The van der Waals surface area contributed by atoms with Crippen molar-refractivity contribution < 1.29 is 8.42 Å². The number of hydrogen-bond donors (Lipinski definition) is 1. The first-order valence-electron chi connectivity index (χ1n) is 5.60. The van der Waals surface area contributed by atoms with E-state index in [4.69, 9.17) is 0 Å². The molecule has 0 atom stereocenters. The molecule has 18 heavy (non-hydrogen) atoms. The monoisotopic (exact) mass is 351 g/mol. The van der Waals surface area contributed by atoms with Crippen LogP contribution in [-0.2, 0) is 10.0 Å². The lowest BCUT2D eigenvalue weighted by molar-refractivity contribution is 0.583. The van der Waals surface area contributed by atoms with Crippen molar-refractivity contribution in [3.63, 3.8) is 0 Å². The summed E-state index contributed by atoms with van der Waals surface area (Å²) in [4.78, 5) is 0.283. The third-order valence-electron chi connectivity index (χ3n) is 2.06. The number of halogens is 1. The van der Waals surface area contributed by atoms with Gasteiger partial charge in [-0.25, -0.2) is 13.1 Å². The van der Waals surface area contributed by atoms with Gasteiger partial charge < -0.3 is 0 Å². The van der Waals surface area contributed by atoms with E-state index >= 15 is 0 Å². The second-order valence-corrected chi connectivity index (χ2v) is 9.30. The van der Waals surface area contributed by atoms with Gasteiger partial charge in [0.1, 0.15) is 0 Å². The highest BCUT2D eigenvalue weighted by Crippen LogP contribution is 2.23. The van der Waals surface area contributed by atoms with Crippen molar-refractivity contribution in [2.45, 2.75) is 30.4 Å². The van der Waals surface area contributed by atoms with Gasteiger partial charge in [-0.2, -0.15) is 11.8 Å². The van der Waals surface area contributed by atoms with Crippen LogP contribution in [0.4, 0.5) is 0 Å². The predicted octanol–water partition coefficient (Wildman–Crippen LogP) is 3.26. The van der Waals surface area contributed by atoms with Crippen LogP contribution in [0.3, 0.4) is 0 Å². The highest BCUT2D eigenvalue weighted by Gasteiger charge is 2.17. The highest BCUT2D eigenvalue weighted by molar-refractivity contribution is 9.10. The lowest BCUT2D eigenvalue weighted by Gasteiger charge is -2.17. The van der Waals surface area contributed by atoms with Crippen molar-refractivity contribution in [3.8, 4) is 0 Å². The first-order valence-corrected chi connectivity index (χ1v) is 8.87. The molecule has 0 aliphatic heterocycles. The Morgan fingerprint density at radius 2 is 1.89 bits per heavy atom. The van der Waals surface area contributed by atoms with Gasteiger partial charge in [-0.3, -0.25) is 0 Å². The molecular formula is C12H18BrNO2S2. The van der Waals surface area contributed by atoms with Crippen LogP contribution in [0.5, 0.6) is 0 Å². The largest absolute Gasteiger partial charge is 0.241 e. The van der Waals surface area contributed by atoms with Gasteiger partial charge in [-0.05, 0) is 28.1 Å². The smallest absolute Gasteiger partial charge is 0.210 e. The third-order valence-corrected chi connectivity index (χ3v) is 5.80. The molecule has 0 aromatic heterocycles. The average molecular weight is 352 g/mol. The maximum absolute atomic E-state index is 12.0. The molecule has 0 aliphatic carbocycles. The molecule has 0 heterocycles. The first kappa shape index (κ1) is 16.0. The van der Waals surface area contributed by atoms with E-state index in [1.807, 2.05) is 0 Å². The molecule has 1 N–H and O–H groups in total. The summed E-state index contributed by atoms with van der Waals surface area (Å²) < 4.78 is 27.4. The SMILES string of the molecule is CC(C)(C)SCCNS(=O)(=O)c1ccccc1Br. The third kappa shape index (κ3) is 5.30. The first-order chi connectivity index (χ1) is 8.22. The van der Waals surface area contributed by atoms with Crippen molar-refractivity contribution in [2.75, 3.05) is 12.3 Å². The molecule has 6 heteroatoms. The van der Waals surface area contributed by atoms with Gasteiger partial charge in [0, 0.05) is 21.5 Å². The molecule has 1 aromatic carbocycles. The number of nitrogens with one attached hydrogen (secondary N) is 1. The fourth-order valence-corrected chi connectivity index (χ4v) is 4.25. The molecule has 102 valence electrons. The normalized spacial score (nSPS) is 12.7. The van der Waals surface area contributed by atoms with Gasteiger partial charge in [0.15, 0.2) is 0 Å². The molecule has 0 amide bonds. The minimum Gasteiger partial charge on any atom is -0.210 e. The summed E-state index contributed by atoms with van der Waals surface area (Å²) in [5, 5.41) is 0. The zero-order chi connectivity index (χ0) is 13.8. The Kier molecular flexibility index (Phi) is 5.70. The second-order valence-electron chi connectivity index (χ2n) is 4.79. The Hall–Kier alpha value is -0.0400. The van der Waals surface area contributed by atoms with Crippen molar-refractivity contribution in [3.05, 3.63) is 28.7 Å². The van der Waals surface area contributed by atoms with Crippen LogP contribution in [0.25, 0.3) is 0 Å². The van der Waals surface area contributed by atoms with Crippen LogP contribution in [0.1, 0.15) is 20.8 Å². The Morgan fingerprint density at radius 3 is 2.44 bits per heavy atom. The molecule has 0 unspecified atom stereocenters. The van der Waals surface area contributed by atoms with Gasteiger partial charge in [0.05, 0.1) is 4.90 Å². The molecule has 3 nitrogen and oxygen atoms in total. The minimum absolute atomic E-state index is 0.152. The zero-order valence-electron chi connectivity index (χ0n) is 10.7. The van der Waals surface area contributed by atoms with Crippen molar-refractivity contribution in [1.82, 2.24) is 4.72 Å². The van der Waals surface area contributed by atoms with Gasteiger partial charge in [-0.15, -0.1) is 0 Å². The van der Waals surface area contributed by atoms with E-state index in [2.05, 4.69) is 41.4 Å². The van der Waals surface area contributed by atoms with Crippen LogP contribution < -0.4 is 4.72 Å². The summed E-state index contributed by atoms with van der Waals surface area (Å²) in [7, 11) is -3.42. The lowest BCUT2D eigenvalue weighted by atomic mass is 10.3. The van der Waals surface area contributed by atoms with Crippen LogP contribution >= 0.6 is 27.7 Å². The second kappa shape index (κ2) is 6.41. The molecule has 0 saturated carbocycles. The Balaban J connectivity index is 2.59. The molecule has 0 fully saturated rings. The number of thioether (sulfide) groups is 1. The molecule has 0 aliphatic rings. The molecule has 1 rings (SSSR count). The standard InChI is InChI=1S/C12H18BrNO2S2/c1-12(2,3)17-9-8-14-18(15,16)11-7-5-4-6-10(11)13/h4-7,14H,8-9H2,1-3H3. The fourth-order valence-electron chi connectivity index (χ4n) is 1.27. The Labute approximate surface area is 122 Å². The average Bonchev–Trinajstić information content (AvgIpc) is 2.24. The minimum atomic E-state index is -3.42. The van der Waals surface area contributed by atoms with Gasteiger partial charge >= 0.3 is 0 Å². The highest BCUT2D eigenvalue weighted by atomic mass is 79.9. The molecule has 0 spiro atoms. The lowest BCUT2D eigenvalue weighted by Crippen LogP contribution is -2.27. The van der Waals surface area contributed by atoms with Crippen LogP contribution in [0, 0.1) is 0 Å². The number of hydrogen-bond acceptors (Lipinski definition) is 3. The van der Waals surface area contributed by atoms with E-state index in [1.54, 1.807) is 36.0 Å². The molecule has 0 bridgehead atoms. The summed E-state index contributed by atoms with van der Waals surface area (Å²) in [5.41, 5.74) is 0. The molecule has 1 aromatic rings. The van der Waals surface area contributed by atoms with Gasteiger partial charge in [0.2, 0.25) is 10.0 Å². The number of sulfonamides is 1. The summed E-state index contributed by atoms with van der Waals surface area (Å²) in [5.74, 6) is 0.757. The summed E-state index contributed by atoms with van der Waals surface area (Å²) >= 11 is 4.98. The van der Waals surface area contributed by atoms with Crippen molar-refractivity contribution in [1.29, 1.82) is 0 Å². The topological polar surface area (TPSA) is 46.2 Å². The maximum atomic E-state index is 12.0. The molecule has 0 saturated heterocycles. The van der Waals surface area contributed by atoms with Gasteiger partial charge in [0.25, 0.3) is 0 Å². The Bertz CT molecular complexity index is 495. The van der Waals surface area contributed by atoms with Crippen molar-refractivity contribution in [2.24, 2.45) is 0 Å². The summed E-state index contributed by atoms with van der Waals surface area (Å²) in [6, 6.07) is 6.81. The van der Waals surface area contributed by atoms with E-state index in [0.29, 0.717) is 11.0 Å². The zero-order valence-corrected chi connectivity index (χ0v) is 14.0.